The monoisotopic (exact) mass is 353 g/mol. The predicted octanol–water partition coefficient (Wildman–Crippen LogP) is 3.54. The van der Waals surface area contributed by atoms with E-state index in [2.05, 4.69) is 16.0 Å². The van der Waals surface area contributed by atoms with Crippen LogP contribution in [-0.4, -0.2) is 17.7 Å². The summed E-state index contributed by atoms with van der Waals surface area (Å²) in [6, 6.07) is 10.7. The molecule has 3 amide bonds. The quantitative estimate of drug-likeness (QED) is 0.719. The molecule has 0 heterocycles. The van der Waals surface area contributed by atoms with Crippen LogP contribution in [0.3, 0.4) is 0 Å². The number of hydrogen-bond donors (Lipinski definition) is 3. The van der Waals surface area contributed by atoms with Crippen LogP contribution in [-0.2, 0) is 14.4 Å². The van der Waals surface area contributed by atoms with Gasteiger partial charge in [-0.05, 0) is 50.1 Å². The Kier molecular flexibility index (Phi) is 6.11. The van der Waals surface area contributed by atoms with Gasteiger partial charge in [-0.25, -0.2) is 0 Å². The maximum Gasteiger partial charge on any atom is 0.233 e. The van der Waals surface area contributed by atoms with E-state index in [1.165, 1.54) is 6.92 Å². The number of nitrogens with one attached hydrogen (secondary N) is 3. The SMILES string of the molecule is CC(=O)Nc1cccc(NC(=O)CC(=O)Nc2c(C)cc(C)cc2C)c1. The molecule has 0 aliphatic carbocycles. The first-order valence-electron chi connectivity index (χ1n) is 8.30. The lowest BCUT2D eigenvalue weighted by Gasteiger charge is -2.13. The van der Waals surface area contributed by atoms with Gasteiger partial charge in [0.25, 0.3) is 0 Å². The number of carbonyl (C=O) groups excluding carboxylic acids is 3. The van der Waals surface area contributed by atoms with Crippen molar-refractivity contribution in [3.63, 3.8) is 0 Å². The summed E-state index contributed by atoms with van der Waals surface area (Å²) in [5.74, 6) is -1.00. The minimum Gasteiger partial charge on any atom is -0.326 e. The first-order chi connectivity index (χ1) is 12.2. The van der Waals surface area contributed by atoms with Crippen molar-refractivity contribution in [3.05, 3.63) is 53.1 Å². The Morgan fingerprint density at radius 2 is 1.35 bits per heavy atom. The molecular weight excluding hydrogens is 330 g/mol. The van der Waals surface area contributed by atoms with Gasteiger partial charge in [0, 0.05) is 24.0 Å². The van der Waals surface area contributed by atoms with Gasteiger partial charge in [-0.2, -0.15) is 0 Å². The normalized spacial score (nSPS) is 10.2. The molecule has 26 heavy (non-hydrogen) atoms. The fourth-order valence-electron chi connectivity index (χ4n) is 2.79. The molecule has 0 bridgehead atoms. The van der Waals surface area contributed by atoms with Gasteiger partial charge >= 0.3 is 0 Å². The second kappa shape index (κ2) is 8.29. The van der Waals surface area contributed by atoms with E-state index in [-0.39, 0.29) is 18.2 Å². The smallest absolute Gasteiger partial charge is 0.233 e. The molecule has 136 valence electrons. The molecule has 0 radical (unpaired) electrons. The van der Waals surface area contributed by atoms with Crippen LogP contribution in [0.25, 0.3) is 0 Å². The van der Waals surface area contributed by atoms with Crippen LogP contribution in [0.5, 0.6) is 0 Å². The molecule has 2 aromatic rings. The Morgan fingerprint density at radius 1 is 0.808 bits per heavy atom. The minimum atomic E-state index is -0.426. The van der Waals surface area contributed by atoms with Crippen LogP contribution in [0.2, 0.25) is 0 Å². The van der Waals surface area contributed by atoms with Crippen LogP contribution >= 0.6 is 0 Å². The van der Waals surface area contributed by atoms with Gasteiger partial charge in [0.2, 0.25) is 17.7 Å². The van der Waals surface area contributed by atoms with Crippen LogP contribution in [0, 0.1) is 20.8 Å². The van der Waals surface area contributed by atoms with Gasteiger partial charge in [-0.1, -0.05) is 23.8 Å². The van der Waals surface area contributed by atoms with E-state index in [9.17, 15) is 14.4 Å². The van der Waals surface area contributed by atoms with E-state index in [1.54, 1.807) is 24.3 Å². The molecule has 2 rings (SSSR count). The summed E-state index contributed by atoms with van der Waals surface area (Å²) in [6.45, 7) is 7.24. The summed E-state index contributed by atoms with van der Waals surface area (Å²) in [5, 5.41) is 8.10. The average Bonchev–Trinajstić information content (AvgIpc) is 2.50. The first kappa shape index (κ1) is 19.2. The molecule has 0 aliphatic rings. The standard InChI is InChI=1S/C20H23N3O3/c1-12-8-13(2)20(14(3)9-12)23-19(26)11-18(25)22-17-7-5-6-16(10-17)21-15(4)24/h5-10H,11H2,1-4H3,(H,21,24)(H,22,25)(H,23,26). The zero-order valence-corrected chi connectivity index (χ0v) is 15.4. The summed E-state index contributed by atoms with van der Waals surface area (Å²) < 4.78 is 0. The number of rotatable bonds is 5. The van der Waals surface area contributed by atoms with Crippen LogP contribution in [0.15, 0.2) is 36.4 Å². The fourth-order valence-corrected chi connectivity index (χ4v) is 2.79. The largest absolute Gasteiger partial charge is 0.326 e. The van der Waals surface area contributed by atoms with Crippen molar-refractivity contribution < 1.29 is 14.4 Å². The Bertz CT molecular complexity index is 836. The highest BCUT2D eigenvalue weighted by molar-refractivity contribution is 6.08. The molecule has 2 aromatic carbocycles. The summed E-state index contributed by atoms with van der Waals surface area (Å²) in [4.78, 5) is 35.4. The van der Waals surface area contributed by atoms with E-state index in [0.717, 1.165) is 22.4 Å². The molecule has 0 atom stereocenters. The van der Waals surface area contributed by atoms with Crippen molar-refractivity contribution in [1.82, 2.24) is 0 Å². The van der Waals surface area contributed by atoms with Gasteiger partial charge < -0.3 is 16.0 Å². The van der Waals surface area contributed by atoms with Crippen molar-refractivity contribution >= 4 is 34.8 Å². The molecule has 3 N–H and O–H groups in total. The molecular formula is C20H23N3O3. The number of hydrogen-bond acceptors (Lipinski definition) is 3. The van der Waals surface area contributed by atoms with Gasteiger partial charge in [-0.3, -0.25) is 14.4 Å². The predicted molar refractivity (Wildman–Crippen MR) is 103 cm³/mol. The van der Waals surface area contributed by atoms with Gasteiger partial charge in [0.05, 0.1) is 0 Å². The molecule has 6 nitrogen and oxygen atoms in total. The van der Waals surface area contributed by atoms with Crippen molar-refractivity contribution in [3.8, 4) is 0 Å². The van der Waals surface area contributed by atoms with E-state index < -0.39 is 5.91 Å². The minimum absolute atomic E-state index is 0.198. The van der Waals surface area contributed by atoms with Crippen molar-refractivity contribution in [2.45, 2.75) is 34.1 Å². The highest BCUT2D eigenvalue weighted by Gasteiger charge is 2.13. The Labute approximate surface area is 153 Å². The zero-order chi connectivity index (χ0) is 19.3. The lowest BCUT2D eigenvalue weighted by atomic mass is 10.0. The summed E-state index contributed by atoms with van der Waals surface area (Å²) in [6.07, 6.45) is -0.295. The second-order valence-electron chi connectivity index (χ2n) is 6.31. The summed E-state index contributed by atoms with van der Waals surface area (Å²) in [7, 11) is 0. The molecule has 6 heteroatoms. The molecule has 0 saturated heterocycles. The maximum absolute atomic E-state index is 12.2. The maximum atomic E-state index is 12.2. The number of benzene rings is 2. The molecule has 0 saturated carbocycles. The third kappa shape index (κ3) is 5.44. The van der Waals surface area contributed by atoms with Gasteiger partial charge in [0.15, 0.2) is 0 Å². The molecule has 0 aromatic heterocycles. The lowest BCUT2D eigenvalue weighted by Crippen LogP contribution is -2.22. The van der Waals surface area contributed by atoms with Crippen LogP contribution in [0.1, 0.15) is 30.0 Å². The highest BCUT2D eigenvalue weighted by atomic mass is 16.2. The first-order valence-corrected chi connectivity index (χ1v) is 8.30. The van der Waals surface area contributed by atoms with Crippen molar-refractivity contribution in [2.24, 2.45) is 0 Å². The lowest BCUT2D eigenvalue weighted by molar-refractivity contribution is -0.123. The Morgan fingerprint density at radius 3 is 1.92 bits per heavy atom. The van der Waals surface area contributed by atoms with E-state index >= 15 is 0 Å². The molecule has 0 fully saturated rings. The third-order valence-corrected chi connectivity index (χ3v) is 3.73. The average molecular weight is 353 g/mol. The molecule has 0 aliphatic heterocycles. The van der Waals surface area contributed by atoms with E-state index in [1.807, 2.05) is 32.9 Å². The fraction of sp³-hybridized carbons (Fsp3) is 0.250. The van der Waals surface area contributed by atoms with Gasteiger partial charge in [0.1, 0.15) is 6.42 Å². The third-order valence-electron chi connectivity index (χ3n) is 3.73. The molecule has 0 unspecified atom stereocenters. The van der Waals surface area contributed by atoms with Gasteiger partial charge in [-0.15, -0.1) is 0 Å². The number of carbonyl (C=O) groups is 3. The van der Waals surface area contributed by atoms with E-state index in [0.29, 0.717) is 11.4 Å². The number of aryl methyl sites for hydroxylation is 3. The zero-order valence-electron chi connectivity index (χ0n) is 15.4. The summed E-state index contributed by atoms with van der Waals surface area (Å²) >= 11 is 0. The van der Waals surface area contributed by atoms with Crippen molar-refractivity contribution in [2.75, 3.05) is 16.0 Å². The summed E-state index contributed by atoms with van der Waals surface area (Å²) in [5.41, 5.74) is 4.86. The van der Waals surface area contributed by atoms with Crippen molar-refractivity contribution in [1.29, 1.82) is 0 Å². The van der Waals surface area contributed by atoms with E-state index in [4.69, 9.17) is 0 Å². The number of anilines is 3. The van der Waals surface area contributed by atoms with Crippen LogP contribution in [0.4, 0.5) is 17.1 Å². The Hall–Kier alpha value is -3.15. The molecule has 0 spiro atoms. The number of amides is 3. The second-order valence-corrected chi connectivity index (χ2v) is 6.31. The Balaban J connectivity index is 1.98. The van der Waals surface area contributed by atoms with Crippen LogP contribution < -0.4 is 16.0 Å². The topological polar surface area (TPSA) is 87.3 Å². The highest BCUT2D eigenvalue weighted by Crippen LogP contribution is 2.22.